The number of rotatable bonds is 4. The molecule has 5 rings (SSSR count). The largest absolute Gasteiger partial charge is 0.324 e. The molecule has 3 aliphatic rings. The molecule has 3 fully saturated rings. The second-order valence-electron chi connectivity index (χ2n) is 9.91. The van der Waals surface area contributed by atoms with Crippen LogP contribution in [-0.4, -0.2) is 47.2 Å². The molecule has 1 aromatic heterocycles. The second-order valence-corrected chi connectivity index (χ2v) is 9.91. The van der Waals surface area contributed by atoms with Crippen LogP contribution >= 0.6 is 0 Å². The van der Waals surface area contributed by atoms with Gasteiger partial charge >= 0.3 is 0 Å². The van der Waals surface area contributed by atoms with Gasteiger partial charge in [-0.2, -0.15) is 0 Å². The number of fused-ring (bicyclic) bond motifs is 1. The first-order chi connectivity index (χ1) is 14.8. The van der Waals surface area contributed by atoms with Gasteiger partial charge in [-0.1, -0.05) is 32.1 Å². The first-order valence-corrected chi connectivity index (χ1v) is 12.4. The first kappa shape index (κ1) is 20.4. The standard InChI is InChI=1S/C25H37FN4/c26-21-8-9-23-24(16-21)30(25(28-23)20-10-13-27-17-20)22-11-14-29(15-12-22)18-19-6-4-2-1-3-5-7-19/h8-9,16,19-20,22,27H,1-7,10-15,17-18H2/t20-/m1/s1. The fraction of sp³-hybridized carbons (Fsp3) is 0.720. The van der Waals surface area contributed by atoms with E-state index in [9.17, 15) is 4.39 Å². The molecule has 3 heterocycles. The minimum Gasteiger partial charge on any atom is -0.324 e. The Kier molecular flexibility index (Phi) is 6.37. The van der Waals surface area contributed by atoms with Gasteiger partial charge < -0.3 is 14.8 Å². The molecule has 1 saturated carbocycles. The van der Waals surface area contributed by atoms with Crippen molar-refractivity contribution < 1.29 is 4.39 Å². The Bertz CT molecular complexity index is 825. The molecule has 1 N–H and O–H groups in total. The van der Waals surface area contributed by atoms with Crippen molar-refractivity contribution in [1.82, 2.24) is 19.8 Å². The number of hydrogen-bond acceptors (Lipinski definition) is 3. The summed E-state index contributed by atoms with van der Waals surface area (Å²) < 4.78 is 16.5. The maximum absolute atomic E-state index is 14.1. The van der Waals surface area contributed by atoms with E-state index in [4.69, 9.17) is 4.98 Å². The van der Waals surface area contributed by atoms with Crippen molar-refractivity contribution in [2.75, 3.05) is 32.7 Å². The van der Waals surface area contributed by atoms with Crippen LogP contribution in [0, 0.1) is 11.7 Å². The van der Waals surface area contributed by atoms with E-state index in [-0.39, 0.29) is 5.82 Å². The number of nitrogens with one attached hydrogen (secondary N) is 1. The predicted molar refractivity (Wildman–Crippen MR) is 120 cm³/mol. The van der Waals surface area contributed by atoms with Crippen LogP contribution in [0.25, 0.3) is 11.0 Å². The Morgan fingerprint density at radius 1 is 0.967 bits per heavy atom. The second kappa shape index (κ2) is 9.35. The number of benzene rings is 1. The summed E-state index contributed by atoms with van der Waals surface area (Å²) in [5.74, 6) is 2.37. The highest BCUT2D eigenvalue weighted by molar-refractivity contribution is 5.76. The van der Waals surface area contributed by atoms with Gasteiger partial charge in [0.05, 0.1) is 11.0 Å². The van der Waals surface area contributed by atoms with Gasteiger partial charge in [-0.25, -0.2) is 9.37 Å². The number of hydrogen-bond donors (Lipinski definition) is 1. The lowest BCUT2D eigenvalue weighted by atomic mass is 9.90. The van der Waals surface area contributed by atoms with Gasteiger partial charge in [-0.3, -0.25) is 0 Å². The van der Waals surface area contributed by atoms with E-state index < -0.39 is 0 Å². The molecule has 1 aliphatic carbocycles. The Morgan fingerprint density at radius 3 is 2.47 bits per heavy atom. The van der Waals surface area contributed by atoms with E-state index in [1.165, 1.54) is 70.4 Å². The average Bonchev–Trinajstić information content (AvgIpc) is 3.38. The number of halogens is 1. The number of imidazole rings is 1. The van der Waals surface area contributed by atoms with Gasteiger partial charge in [0.25, 0.3) is 0 Å². The number of nitrogens with zero attached hydrogens (tertiary/aromatic N) is 3. The van der Waals surface area contributed by atoms with Crippen molar-refractivity contribution in [3.05, 3.63) is 29.8 Å². The maximum Gasteiger partial charge on any atom is 0.125 e. The molecule has 0 unspecified atom stereocenters. The Hall–Kier alpha value is -1.46. The third-order valence-electron chi connectivity index (χ3n) is 7.77. The zero-order chi connectivity index (χ0) is 20.3. The fourth-order valence-electron chi connectivity index (χ4n) is 6.08. The van der Waals surface area contributed by atoms with Crippen LogP contribution in [0.2, 0.25) is 0 Å². The van der Waals surface area contributed by atoms with E-state index >= 15 is 0 Å². The van der Waals surface area contributed by atoms with Gasteiger partial charge in [-0.15, -0.1) is 0 Å². The molecule has 164 valence electrons. The van der Waals surface area contributed by atoms with Gasteiger partial charge in [0, 0.05) is 38.1 Å². The third-order valence-corrected chi connectivity index (χ3v) is 7.77. The van der Waals surface area contributed by atoms with Crippen molar-refractivity contribution in [3.63, 3.8) is 0 Å². The molecule has 1 atom stereocenters. The highest BCUT2D eigenvalue weighted by Gasteiger charge is 2.30. The number of likely N-dealkylation sites (tertiary alicyclic amines) is 1. The van der Waals surface area contributed by atoms with Crippen LogP contribution in [0.1, 0.15) is 82.0 Å². The zero-order valence-electron chi connectivity index (χ0n) is 18.3. The lowest BCUT2D eigenvalue weighted by Gasteiger charge is -2.36. The Labute approximate surface area is 180 Å². The molecule has 4 nitrogen and oxygen atoms in total. The van der Waals surface area contributed by atoms with Crippen molar-refractivity contribution in [3.8, 4) is 0 Å². The van der Waals surface area contributed by atoms with Crippen molar-refractivity contribution in [2.24, 2.45) is 5.92 Å². The lowest BCUT2D eigenvalue weighted by molar-refractivity contribution is 0.151. The average molecular weight is 413 g/mol. The summed E-state index contributed by atoms with van der Waals surface area (Å²) in [7, 11) is 0. The monoisotopic (exact) mass is 412 g/mol. The topological polar surface area (TPSA) is 33.1 Å². The molecule has 0 amide bonds. The highest BCUT2D eigenvalue weighted by atomic mass is 19.1. The molecule has 2 aromatic rings. The molecule has 2 saturated heterocycles. The molecule has 0 spiro atoms. The minimum atomic E-state index is -0.151. The Balaban J connectivity index is 1.30. The highest BCUT2D eigenvalue weighted by Crippen LogP contribution is 2.34. The molecule has 5 heteroatoms. The molecular formula is C25H37FN4. The Morgan fingerprint density at radius 2 is 1.73 bits per heavy atom. The van der Waals surface area contributed by atoms with Gasteiger partial charge in [0.1, 0.15) is 11.6 Å². The van der Waals surface area contributed by atoms with E-state index in [0.29, 0.717) is 12.0 Å². The molecule has 2 aliphatic heterocycles. The molecule has 30 heavy (non-hydrogen) atoms. The van der Waals surface area contributed by atoms with Crippen LogP contribution in [0.4, 0.5) is 4.39 Å². The summed E-state index contributed by atoms with van der Waals surface area (Å²) >= 11 is 0. The van der Waals surface area contributed by atoms with E-state index in [2.05, 4.69) is 14.8 Å². The fourth-order valence-corrected chi connectivity index (χ4v) is 6.08. The van der Waals surface area contributed by atoms with Crippen LogP contribution in [0.15, 0.2) is 18.2 Å². The zero-order valence-corrected chi connectivity index (χ0v) is 18.3. The summed E-state index contributed by atoms with van der Waals surface area (Å²) in [6, 6.07) is 5.56. The van der Waals surface area contributed by atoms with Crippen molar-refractivity contribution in [1.29, 1.82) is 0 Å². The quantitative estimate of drug-likeness (QED) is 0.745. The normalized spacial score (nSPS) is 25.6. The van der Waals surface area contributed by atoms with Gasteiger partial charge in [-0.05, 0) is 62.8 Å². The summed E-state index contributed by atoms with van der Waals surface area (Å²) in [4.78, 5) is 7.69. The van der Waals surface area contributed by atoms with Crippen molar-refractivity contribution >= 4 is 11.0 Å². The summed E-state index contributed by atoms with van der Waals surface area (Å²) in [5.41, 5.74) is 1.95. The minimum absolute atomic E-state index is 0.151. The first-order valence-electron chi connectivity index (χ1n) is 12.4. The van der Waals surface area contributed by atoms with E-state index in [1.54, 1.807) is 12.1 Å². The summed E-state index contributed by atoms with van der Waals surface area (Å²) in [6.07, 6.45) is 13.4. The van der Waals surface area contributed by atoms with Crippen LogP contribution in [0.5, 0.6) is 0 Å². The third kappa shape index (κ3) is 4.43. The van der Waals surface area contributed by atoms with Crippen LogP contribution in [-0.2, 0) is 0 Å². The molecule has 0 radical (unpaired) electrons. The number of piperidine rings is 1. The maximum atomic E-state index is 14.1. The molecule has 0 bridgehead atoms. The van der Waals surface area contributed by atoms with Crippen molar-refractivity contribution in [2.45, 2.75) is 76.2 Å². The SMILES string of the molecule is Fc1ccc2nc([C@@H]3CCNC3)n(C3CCN(CC4CCCCCCC4)CC3)c2c1. The van der Waals surface area contributed by atoms with Gasteiger partial charge in [0.2, 0.25) is 0 Å². The molecular weight excluding hydrogens is 375 g/mol. The summed E-state index contributed by atoms with van der Waals surface area (Å²) in [5, 5.41) is 3.48. The number of aromatic nitrogens is 2. The van der Waals surface area contributed by atoms with Gasteiger partial charge in [0.15, 0.2) is 0 Å². The van der Waals surface area contributed by atoms with E-state index in [0.717, 1.165) is 49.3 Å². The summed E-state index contributed by atoms with van der Waals surface area (Å²) in [6.45, 7) is 5.66. The van der Waals surface area contributed by atoms with Crippen LogP contribution < -0.4 is 5.32 Å². The smallest absolute Gasteiger partial charge is 0.125 e. The lowest BCUT2D eigenvalue weighted by Crippen LogP contribution is -2.38. The predicted octanol–water partition coefficient (Wildman–Crippen LogP) is 5.25. The molecule has 1 aromatic carbocycles. The van der Waals surface area contributed by atoms with Crippen LogP contribution in [0.3, 0.4) is 0 Å². The van der Waals surface area contributed by atoms with E-state index in [1.807, 2.05) is 6.07 Å².